The van der Waals surface area contributed by atoms with Gasteiger partial charge in [-0.25, -0.2) is 9.79 Å². The molecule has 2 heterocycles. The van der Waals surface area contributed by atoms with Crippen LogP contribution in [0.25, 0.3) is 0 Å². The first-order valence-electron chi connectivity index (χ1n) is 11.3. The summed E-state index contributed by atoms with van der Waals surface area (Å²) in [6, 6.07) is 16.8. The number of benzene rings is 2. The van der Waals surface area contributed by atoms with Crippen molar-refractivity contribution < 1.29 is 23.8 Å². The smallest absolute Gasteiger partial charge is 0.338 e. The summed E-state index contributed by atoms with van der Waals surface area (Å²) in [5, 5.41) is 0.406. The molecule has 4 rings (SSSR count). The zero-order valence-corrected chi connectivity index (χ0v) is 20.3. The quantitative estimate of drug-likeness (QED) is 0.389. The van der Waals surface area contributed by atoms with Gasteiger partial charge in [-0.2, -0.15) is 0 Å². The first-order chi connectivity index (χ1) is 16.5. The monoisotopic (exact) mass is 480 g/mol. The minimum atomic E-state index is -0.609. The summed E-state index contributed by atoms with van der Waals surface area (Å²) in [6.07, 6.45) is 0.685. The van der Waals surface area contributed by atoms with Gasteiger partial charge in [0, 0.05) is 7.11 Å². The number of allylic oxidation sites excluding steroid dienone is 1. The Kier molecular flexibility index (Phi) is 7.70. The van der Waals surface area contributed by atoms with Gasteiger partial charge < -0.3 is 14.2 Å². The number of hydrogen-bond acceptors (Lipinski definition) is 7. The van der Waals surface area contributed by atoms with Crippen molar-refractivity contribution in [2.45, 2.75) is 38.2 Å². The molecule has 0 unspecified atom stereocenters. The minimum Gasteiger partial charge on any atom is -0.489 e. The van der Waals surface area contributed by atoms with Crippen molar-refractivity contribution >= 4 is 28.8 Å². The lowest BCUT2D eigenvalue weighted by atomic mass is 9.94. The highest BCUT2D eigenvalue weighted by atomic mass is 32.2. The number of carbonyl (C=O) groups excluding carboxylic acids is 2. The van der Waals surface area contributed by atoms with Crippen molar-refractivity contribution in [2.24, 2.45) is 4.99 Å². The molecule has 1 amide bonds. The topological polar surface area (TPSA) is 77.4 Å². The van der Waals surface area contributed by atoms with Crippen molar-refractivity contribution in [1.29, 1.82) is 0 Å². The Hall–Kier alpha value is -3.10. The molecule has 0 aliphatic carbocycles. The maximum atomic E-state index is 13.2. The predicted octanol–water partition coefficient (Wildman–Crippen LogP) is 4.49. The van der Waals surface area contributed by atoms with Crippen molar-refractivity contribution in [3.05, 3.63) is 77.0 Å². The molecule has 2 aliphatic rings. The molecular formula is C26H28N2O5S. The summed E-state index contributed by atoms with van der Waals surface area (Å²) in [6.45, 7) is 4.63. The van der Waals surface area contributed by atoms with Gasteiger partial charge in [-0.15, -0.1) is 0 Å². The molecule has 0 spiro atoms. The number of nitrogens with zero attached hydrogens (tertiary/aromatic N) is 2. The third kappa shape index (κ3) is 5.03. The Morgan fingerprint density at radius 3 is 2.50 bits per heavy atom. The number of rotatable bonds is 9. The molecule has 1 saturated heterocycles. The van der Waals surface area contributed by atoms with Crippen LogP contribution in [0.1, 0.15) is 37.4 Å². The van der Waals surface area contributed by atoms with Gasteiger partial charge in [0.2, 0.25) is 5.91 Å². The highest BCUT2D eigenvalue weighted by Gasteiger charge is 2.47. The molecule has 7 nitrogen and oxygen atoms in total. The summed E-state index contributed by atoms with van der Waals surface area (Å²) in [5.41, 5.74) is 2.79. The first kappa shape index (κ1) is 24.0. The second-order valence-corrected chi connectivity index (χ2v) is 9.16. The largest absolute Gasteiger partial charge is 0.489 e. The molecule has 2 aromatic carbocycles. The van der Waals surface area contributed by atoms with E-state index in [0.717, 1.165) is 11.1 Å². The second-order valence-electron chi connectivity index (χ2n) is 7.99. The van der Waals surface area contributed by atoms with E-state index < -0.39 is 12.0 Å². The molecule has 2 atom stereocenters. The fourth-order valence-electron chi connectivity index (χ4n) is 3.95. The third-order valence-corrected chi connectivity index (χ3v) is 7.03. The van der Waals surface area contributed by atoms with E-state index in [1.165, 1.54) is 11.8 Å². The maximum absolute atomic E-state index is 13.2. The van der Waals surface area contributed by atoms with E-state index in [0.29, 0.717) is 41.8 Å². The number of aliphatic imine (C=N–C) groups is 1. The summed E-state index contributed by atoms with van der Waals surface area (Å²) >= 11 is 1.44. The van der Waals surface area contributed by atoms with Crippen molar-refractivity contribution in [1.82, 2.24) is 4.90 Å². The Balaban J connectivity index is 1.62. The number of fused-ring (bicyclic) bond motifs is 1. The van der Waals surface area contributed by atoms with Crippen LogP contribution in [0.2, 0.25) is 0 Å². The molecule has 1 fully saturated rings. The Labute approximate surface area is 203 Å². The maximum Gasteiger partial charge on any atom is 0.338 e. The van der Waals surface area contributed by atoms with E-state index in [1.54, 1.807) is 18.9 Å². The predicted molar refractivity (Wildman–Crippen MR) is 131 cm³/mol. The highest BCUT2D eigenvalue weighted by molar-refractivity contribution is 8.15. The highest BCUT2D eigenvalue weighted by Crippen LogP contribution is 2.44. The van der Waals surface area contributed by atoms with Gasteiger partial charge in [-0.1, -0.05) is 61.2 Å². The molecule has 0 aromatic heterocycles. The van der Waals surface area contributed by atoms with Crippen molar-refractivity contribution in [3.8, 4) is 5.75 Å². The van der Waals surface area contributed by atoms with E-state index >= 15 is 0 Å². The second kappa shape index (κ2) is 10.9. The Bertz CT molecular complexity index is 1100. The number of amides is 1. The fraction of sp³-hybridized carbons (Fsp3) is 0.346. The number of ether oxygens (including phenoxy) is 3. The number of thioether (sulfide) groups is 1. The van der Waals surface area contributed by atoms with Crippen LogP contribution < -0.4 is 4.74 Å². The summed E-state index contributed by atoms with van der Waals surface area (Å²) in [5.74, 6) is 0.163. The molecular weight excluding hydrogens is 452 g/mol. The summed E-state index contributed by atoms with van der Waals surface area (Å²) in [4.78, 5) is 32.5. The summed E-state index contributed by atoms with van der Waals surface area (Å²) < 4.78 is 16.3. The zero-order chi connectivity index (χ0) is 24.1. The minimum absolute atomic E-state index is 0.0460. The molecule has 34 heavy (non-hydrogen) atoms. The average molecular weight is 481 g/mol. The van der Waals surface area contributed by atoms with Crippen LogP contribution in [0, 0.1) is 0 Å². The van der Waals surface area contributed by atoms with E-state index in [1.807, 2.05) is 61.5 Å². The SMILES string of the molecule is CC[C@H]1SC2=NC(C)=C(C(=O)OCCOC)[C@H](c3ccc(OCc4ccccc4)cc3)N2C1=O. The van der Waals surface area contributed by atoms with Crippen LogP contribution in [-0.2, 0) is 25.7 Å². The van der Waals surface area contributed by atoms with Crippen molar-refractivity contribution in [3.63, 3.8) is 0 Å². The Morgan fingerprint density at radius 2 is 1.82 bits per heavy atom. The number of carbonyl (C=O) groups is 2. The van der Waals surface area contributed by atoms with Gasteiger partial charge in [0.05, 0.1) is 29.2 Å². The normalized spacial score (nSPS) is 19.7. The number of hydrogen-bond donors (Lipinski definition) is 0. The zero-order valence-electron chi connectivity index (χ0n) is 19.5. The lowest BCUT2D eigenvalue weighted by molar-refractivity contribution is -0.141. The fourth-order valence-corrected chi connectivity index (χ4v) is 5.08. The van der Waals surface area contributed by atoms with E-state index in [2.05, 4.69) is 4.99 Å². The van der Waals surface area contributed by atoms with Crippen LogP contribution in [0.5, 0.6) is 5.75 Å². The van der Waals surface area contributed by atoms with Gasteiger partial charge in [-0.3, -0.25) is 9.69 Å². The van der Waals surface area contributed by atoms with Crippen LogP contribution >= 0.6 is 11.8 Å². The van der Waals surface area contributed by atoms with Crippen LogP contribution in [0.3, 0.4) is 0 Å². The standard InChI is InChI=1S/C26H28N2O5S/c1-4-21-24(29)28-23(22(17(2)27-26(28)34-21)25(30)32-15-14-31-3)19-10-12-20(13-11-19)33-16-18-8-6-5-7-9-18/h5-13,21,23H,4,14-16H2,1-3H3/t21-,23+/m1/s1. The molecule has 2 aromatic rings. The van der Waals surface area contributed by atoms with E-state index in [4.69, 9.17) is 14.2 Å². The molecule has 0 bridgehead atoms. The van der Waals surface area contributed by atoms with E-state index in [9.17, 15) is 9.59 Å². The lowest BCUT2D eigenvalue weighted by Gasteiger charge is -2.33. The van der Waals surface area contributed by atoms with Crippen LogP contribution in [0.4, 0.5) is 0 Å². The van der Waals surface area contributed by atoms with Gasteiger partial charge in [0.15, 0.2) is 5.17 Å². The molecule has 0 saturated carbocycles. The first-order valence-corrected chi connectivity index (χ1v) is 12.1. The molecule has 0 N–H and O–H groups in total. The van der Waals surface area contributed by atoms with E-state index in [-0.39, 0.29) is 17.8 Å². The molecule has 0 radical (unpaired) electrons. The molecule has 2 aliphatic heterocycles. The third-order valence-electron chi connectivity index (χ3n) is 5.71. The number of amidine groups is 1. The number of methoxy groups -OCH3 is 1. The van der Waals surface area contributed by atoms with Crippen LogP contribution in [0.15, 0.2) is 70.9 Å². The van der Waals surface area contributed by atoms with Gasteiger partial charge in [0.25, 0.3) is 0 Å². The summed E-state index contributed by atoms with van der Waals surface area (Å²) in [7, 11) is 1.55. The number of esters is 1. The van der Waals surface area contributed by atoms with Gasteiger partial charge in [-0.05, 0) is 36.6 Å². The molecule has 8 heteroatoms. The van der Waals surface area contributed by atoms with Crippen LogP contribution in [-0.4, -0.2) is 47.5 Å². The molecule has 178 valence electrons. The van der Waals surface area contributed by atoms with Gasteiger partial charge in [0.1, 0.15) is 19.0 Å². The lowest BCUT2D eigenvalue weighted by Crippen LogP contribution is -2.40. The van der Waals surface area contributed by atoms with Gasteiger partial charge >= 0.3 is 5.97 Å². The van der Waals surface area contributed by atoms with Crippen molar-refractivity contribution in [2.75, 3.05) is 20.3 Å². The Morgan fingerprint density at radius 1 is 1.09 bits per heavy atom. The average Bonchev–Trinajstić information content (AvgIpc) is 3.17.